The number of nitrogens with zero attached hydrogens (tertiary/aromatic N) is 1. The Kier molecular flexibility index (Phi) is 5.50. The lowest BCUT2D eigenvalue weighted by atomic mass is 10.1. The van der Waals surface area contributed by atoms with Crippen LogP contribution < -0.4 is 0 Å². The van der Waals surface area contributed by atoms with E-state index in [0.717, 1.165) is 0 Å². The van der Waals surface area contributed by atoms with Crippen LogP contribution in [-0.4, -0.2) is 50.8 Å². The number of hydrogen-bond donors (Lipinski definition) is 1. The number of benzene rings is 1. The molecule has 106 valence electrons. The number of carbonyl (C=O) groups is 1. The Morgan fingerprint density at radius 3 is 2.58 bits per heavy atom. The van der Waals surface area contributed by atoms with Gasteiger partial charge in [0.25, 0.3) is 0 Å². The van der Waals surface area contributed by atoms with E-state index in [1.807, 2.05) is 19.0 Å². The van der Waals surface area contributed by atoms with Gasteiger partial charge in [-0.15, -0.1) is 0 Å². The van der Waals surface area contributed by atoms with Gasteiger partial charge in [0.05, 0.1) is 17.1 Å². The molecule has 0 bridgehead atoms. The Balaban J connectivity index is 2.67. The number of carboxylic acid groups (broad SMARTS) is 1. The van der Waals surface area contributed by atoms with Gasteiger partial charge in [-0.3, -0.25) is 0 Å². The highest BCUT2D eigenvalue weighted by Gasteiger charge is 2.13. The highest BCUT2D eigenvalue weighted by Crippen LogP contribution is 2.10. The third-order valence-electron chi connectivity index (χ3n) is 2.62. The quantitative estimate of drug-likeness (QED) is 0.816. The molecule has 19 heavy (non-hydrogen) atoms. The van der Waals surface area contributed by atoms with Gasteiger partial charge in [0.2, 0.25) is 0 Å². The van der Waals surface area contributed by atoms with E-state index in [4.69, 9.17) is 5.11 Å². The van der Waals surface area contributed by atoms with Crippen molar-refractivity contribution in [3.63, 3.8) is 0 Å². The van der Waals surface area contributed by atoms with Gasteiger partial charge < -0.3 is 10.0 Å². The second-order valence-corrected chi connectivity index (χ2v) is 6.94. The summed E-state index contributed by atoms with van der Waals surface area (Å²) < 4.78 is 23.8. The zero-order valence-electron chi connectivity index (χ0n) is 11.2. The molecule has 0 aliphatic carbocycles. The van der Waals surface area contributed by atoms with E-state index in [1.165, 1.54) is 12.1 Å². The molecule has 5 nitrogen and oxygen atoms in total. The fraction of sp³-hybridized carbons (Fsp3) is 0.462. The fourth-order valence-corrected chi connectivity index (χ4v) is 3.12. The highest BCUT2D eigenvalue weighted by molar-refractivity contribution is 7.90. The molecule has 0 heterocycles. The number of aromatic carboxylic acids is 1. The summed E-state index contributed by atoms with van der Waals surface area (Å²) in [7, 11) is 0.591. The van der Waals surface area contributed by atoms with Crippen LogP contribution in [0.1, 0.15) is 22.3 Å². The van der Waals surface area contributed by atoms with Crippen LogP contribution in [0.4, 0.5) is 0 Å². The average molecular weight is 285 g/mol. The smallest absolute Gasteiger partial charge is 0.335 e. The molecule has 0 amide bonds. The van der Waals surface area contributed by atoms with Crippen LogP contribution in [0, 0.1) is 0 Å². The molecule has 0 saturated heterocycles. The second-order valence-electron chi connectivity index (χ2n) is 4.75. The predicted octanol–water partition coefficient (Wildman–Crippen LogP) is 1.25. The van der Waals surface area contributed by atoms with Crippen molar-refractivity contribution in [2.75, 3.05) is 26.4 Å². The summed E-state index contributed by atoms with van der Waals surface area (Å²) in [6.07, 6.45) is 0.577. The van der Waals surface area contributed by atoms with Crippen LogP contribution in [0.15, 0.2) is 24.3 Å². The first-order valence-corrected chi connectivity index (χ1v) is 7.80. The van der Waals surface area contributed by atoms with Crippen molar-refractivity contribution < 1.29 is 18.3 Å². The maximum Gasteiger partial charge on any atom is 0.335 e. The first kappa shape index (κ1) is 15.7. The molecule has 0 saturated carbocycles. The van der Waals surface area contributed by atoms with E-state index >= 15 is 0 Å². The van der Waals surface area contributed by atoms with Gasteiger partial charge in [-0.2, -0.15) is 0 Å². The minimum atomic E-state index is -3.19. The van der Waals surface area contributed by atoms with Crippen molar-refractivity contribution in [3.8, 4) is 0 Å². The monoisotopic (exact) mass is 285 g/mol. The largest absolute Gasteiger partial charge is 0.478 e. The second kappa shape index (κ2) is 6.68. The molecule has 0 atom stereocenters. The fourth-order valence-electron chi connectivity index (χ4n) is 1.72. The molecule has 0 unspecified atom stereocenters. The van der Waals surface area contributed by atoms with Gasteiger partial charge in [0.1, 0.15) is 0 Å². The summed E-state index contributed by atoms with van der Waals surface area (Å²) in [5.41, 5.74) is 0.630. The van der Waals surface area contributed by atoms with E-state index in [1.54, 1.807) is 12.1 Å². The molecule has 1 aromatic rings. The predicted molar refractivity (Wildman–Crippen MR) is 74.1 cm³/mol. The van der Waals surface area contributed by atoms with Crippen LogP contribution >= 0.6 is 0 Å². The Morgan fingerprint density at radius 1 is 1.32 bits per heavy atom. The van der Waals surface area contributed by atoms with Crippen LogP contribution in [0.2, 0.25) is 0 Å². The maximum atomic E-state index is 11.9. The van der Waals surface area contributed by atoms with Gasteiger partial charge in [0, 0.05) is 0 Å². The van der Waals surface area contributed by atoms with Gasteiger partial charge >= 0.3 is 5.97 Å². The number of carboxylic acids is 1. The van der Waals surface area contributed by atoms with Crippen LogP contribution in [0.5, 0.6) is 0 Å². The summed E-state index contributed by atoms with van der Waals surface area (Å²) in [6.45, 7) is 0.717. The van der Waals surface area contributed by atoms with Crippen LogP contribution in [0.3, 0.4) is 0 Å². The van der Waals surface area contributed by atoms with Crippen molar-refractivity contribution >= 4 is 15.8 Å². The molecule has 0 fully saturated rings. The third kappa shape index (κ3) is 5.85. The zero-order chi connectivity index (χ0) is 14.5. The number of rotatable bonds is 7. The minimum Gasteiger partial charge on any atom is -0.478 e. The molecule has 0 radical (unpaired) electrons. The number of hydrogen-bond acceptors (Lipinski definition) is 4. The van der Waals surface area contributed by atoms with E-state index < -0.39 is 15.8 Å². The van der Waals surface area contributed by atoms with Gasteiger partial charge in [-0.25, -0.2) is 13.2 Å². The Labute approximate surface area is 113 Å². The standard InChI is InChI=1S/C13H19NO4S/c1-14(2)7-4-8-19(17,18)10-11-5-3-6-12(9-11)13(15)16/h3,5-6,9H,4,7-8,10H2,1-2H3,(H,15,16). The maximum absolute atomic E-state index is 11.9. The molecular weight excluding hydrogens is 266 g/mol. The Hall–Kier alpha value is -1.40. The molecule has 1 rings (SSSR count). The SMILES string of the molecule is CN(C)CCCS(=O)(=O)Cc1cccc(C(=O)O)c1. The highest BCUT2D eigenvalue weighted by atomic mass is 32.2. The molecule has 0 aliphatic heterocycles. The van der Waals surface area contributed by atoms with Crippen molar-refractivity contribution in [2.24, 2.45) is 0 Å². The molecule has 0 aliphatic rings. The van der Waals surface area contributed by atoms with E-state index in [-0.39, 0.29) is 17.1 Å². The van der Waals surface area contributed by atoms with Gasteiger partial charge in [-0.05, 0) is 44.8 Å². The van der Waals surface area contributed by atoms with E-state index in [0.29, 0.717) is 18.5 Å². The van der Waals surface area contributed by atoms with Crippen molar-refractivity contribution in [1.82, 2.24) is 4.90 Å². The summed E-state index contributed by atoms with van der Waals surface area (Å²) >= 11 is 0. The molecule has 0 spiro atoms. The molecular formula is C13H19NO4S. The normalized spacial score (nSPS) is 11.7. The molecule has 1 N–H and O–H groups in total. The number of sulfone groups is 1. The topological polar surface area (TPSA) is 74.7 Å². The van der Waals surface area contributed by atoms with Crippen LogP contribution in [-0.2, 0) is 15.6 Å². The summed E-state index contributed by atoms with van der Waals surface area (Å²) in [4.78, 5) is 12.7. The molecule has 6 heteroatoms. The first-order chi connectivity index (χ1) is 8.80. The lowest BCUT2D eigenvalue weighted by Crippen LogP contribution is -2.18. The average Bonchev–Trinajstić information content (AvgIpc) is 2.27. The molecule has 0 aromatic heterocycles. The van der Waals surface area contributed by atoms with Crippen molar-refractivity contribution in [3.05, 3.63) is 35.4 Å². The van der Waals surface area contributed by atoms with E-state index in [2.05, 4.69) is 0 Å². The lowest BCUT2D eigenvalue weighted by molar-refractivity contribution is 0.0696. The summed E-state index contributed by atoms with van der Waals surface area (Å²) in [6, 6.07) is 6.06. The lowest BCUT2D eigenvalue weighted by Gasteiger charge is -2.09. The van der Waals surface area contributed by atoms with E-state index in [9.17, 15) is 13.2 Å². The third-order valence-corrected chi connectivity index (χ3v) is 4.31. The molecule has 1 aromatic carbocycles. The van der Waals surface area contributed by atoms with Crippen molar-refractivity contribution in [2.45, 2.75) is 12.2 Å². The van der Waals surface area contributed by atoms with Gasteiger partial charge in [-0.1, -0.05) is 12.1 Å². The summed E-state index contributed by atoms with van der Waals surface area (Å²) in [5, 5.41) is 8.86. The summed E-state index contributed by atoms with van der Waals surface area (Å²) in [5.74, 6) is -1.05. The first-order valence-electron chi connectivity index (χ1n) is 5.97. The van der Waals surface area contributed by atoms with Crippen molar-refractivity contribution in [1.29, 1.82) is 0 Å². The minimum absolute atomic E-state index is 0.110. The van der Waals surface area contributed by atoms with Gasteiger partial charge in [0.15, 0.2) is 9.84 Å². The Morgan fingerprint density at radius 2 is 2.00 bits per heavy atom. The van der Waals surface area contributed by atoms with Crippen LogP contribution in [0.25, 0.3) is 0 Å². The zero-order valence-corrected chi connectivity index (χ0v) is 12.0. The Bertz CT molecular complexity index is 537.